The van der Waals surface area contributed by atoms with E-state index in [4.69, 9.17) is 4.74 Å². The minimum absolute atomic E-state index is 0.0794. The highest BCUT2D eigenvalue weighted by atomic mass is 32.2. The molecule has 0 atom stereocenters. The van der Waals surface area contributed by atoms with E-state index in [-0.39, 0.29) is 23.8 Å². The molecule has 0 aliphatic rings. The molecular weight excluding hydrogens is 316 g/mol. The Balaban J connectivity index is 2.12. The Morgan fingerprint density at radius 1 is 1.09 bits per heavy atom. The number of ether oxygens (including phenoxy) is 1. The fourth-order valence-corrected chi connectivity index (χ4v) is 2.87. The fraction of sp³-hybridized carbons (Fsp3) is 0.562. The highest BCUT2D eigenvalue weighted by molar-refractivity contribution is 7.89. The van der Waals surface area contributed by atoms with Crippen molar-refractivity contribution in [2.45, 2.75) is 37.5 Å². The number of carbonyl (C=O) groups is 1. The molecule has 1 rings (SSSR count). The van der Waals surface area contributed by atoms with Gasteiger partial charge in [0.25, 0.3) is 0 Å². The van der Waals surface area contributed by atoms with E-state index in [0.717, 1.165) is 25.9 Å². The third-order valence-corrected chi connectivity index (χ3v) is 4.60. The van der Waals surface area contributed by atoms with Crippen LogP contribution in [0.2, 0.25) is 0 Å². The Morgan fingerprint density at radius 3 is 2.48 bits per heavy atom. The van der Waals surface area contributed by atoms with Crippen molar-refractivity contribution in [3.63, 3.8) is 0 Å². The van der Waals surface area contributed by atoms with Crippen LogP contribution in [0.4, 0.5) is 0 Å². The Labute approximate surface area is 138 Å². The predicted octanol–water partition coefficient (Wildman–Crippen LogP) is 1.68. The van der Waals surface area contributed by atoms with Crippen molar-refractivity contribution in [2.75, 3.05) is 26.3 Å². The number of sulfonamides is 1. The van der Waals surface area contributed by atoms with E-state index in [1.807, 2.05) is 0 Å². The molecule has 0 aliphatic heterocycles. The lowest BCUT2D eigenvalue weighted by Crippen LogP contribution is -2.31. The minimum Gasteiger partial charge on any atom is -0.381 e. The molecule has 0 unspecified atom stereocenters. The number of amides is 1. The molecule has 0 saturated heterocycles. The average molecular weight is 342 g/mol. The Morgan fingerprint density at radius 2 is 1.78 bits per heavy atom. The summed E-state index contributed by atoms with van der Waals surface area (Å²) in [6, 6.07) is 8.09. The van der Waals surface area contributed by atoms with Crippen molar-refractivity contribution < 1.29 is 17.9 Å². The first-order valence-corrected chi connectivity index (χ1v) is 9.43. The van der Waals surface area contributed by atoms with Crippen LogP contribution in [-0.2, 0) is 19.6 Å². The van der Waals surface area contributed by atoms with Gasteiger partial charge in [-0.05, 0) is 25.0 Å². The van der Waals surface area contributed by atoms with Gasteiger partial charge in [0, 0.05) is 32.7 Å². The van der Waals surface area contributed by atoms with Crippen LogP contribution in [0.5, 0.6) is 0 Å². The maximum absolute atomic E-state index is 11.9. The molecule has 0 radical (unpaired) electrons. The smallest absolute Gasteiger partial charge is 0.240 e. The molecule has 1 amide bonds. The van der Waals surface area contributed by atoms with Gasteiger partial charge in [0.1, 0.15) is 0 Å². The molecule has 6 nitrogen and oxygen atoms in total. The first kappa shape index (κ1) is 19.6. The molecule has 1 aromatic rings. The van der Waals surface area contributed by atoms with Gasteiger partial charge in [-0.3, -0.25) is 4.79 Å². The van der Waals surface area contributed by atoms with Crippen LogP contribution < -0.4 is 10.0 Å². The summed E-state index contributed by atoms with van der Waals surface area (Å²) in [5.41, 5.74) is 0. The highest BCUT2D eigenvalue weighted by Gasteiger charge is 2.13. The zero-order valence-corrected chi connectivity index (χ0v) is 14.4. The van der Waals surface area contributed by atoms with Gasteiger partial charge in [-0.15, -0.1) is 0 Å². The van der Waals surface area contributed by atoms with Gasteiger partial charge in [0.2, 0.25) is 15.9 Å². The number of unbranched alkanes of at least 4 members (excludes halogenated alkanes) is 1. The molecule has 0 aliphatic carbocycles. The molecular formula is C16H26N2O4S. The maximum atomic E-state index is 11.9. The summed E-state index contributed by atoms with van der Waals surface area (Å²) < 4.78 is 31.7. The van der Waals surface area contributed by atoms with Crippen LogP contribution in [0.1, 0.15) is 32.6 Å². The van der Waals surface area contributed by atoms with Gasteiger partial charge >= 0.3 is 0 Å². The van der Waals surface area contributed by atoms with Gasteiger partial charge in [0.15, 0.2) is 0 Å². The second kappa shape index (κ2) is 11.2. The van der Waals surface area contributed by atoms with E-state index in [1.165, 1.54) is 12.1 Å². The molecule has 0 aromatic heterocycles. The molecule has 1 aromatic carbocycles. The van der Waals surface area contributed by atoms with E-state index in [2.05, 4.69) is 17.0 Å². The van der Waals surface area contributed by atoms with Gasteiger partial charge < -0.3 is 10.1 Å². The monoisotopic (exact) mass is 342 g/mol. The van der Waals surface area contributed by atoms with Crippen molar-refractivity contribution in [3.8, 4) is 0 Å². The van der Waals surface area contributed by atoms with Crippen LogP contribution >= 0.6 is 0 Å². The zero-order chi connectivity index (χ0) is 17.0. The minimum atomic E-state index is -3.54. The van der Waals surface area contributed by atoms with Crippen LogP contribution in [0.3, 0.4) is 0 Å². The maximum Gasteiger partial charge on any atom is 0.240 e. The van der Waals surface area contributed by atoms with E-state index in [1.54, 1.807) is 18.2 Å². The van der Waals surface area contributed by atoms with Gasteiger partial charge in [-0.25, -0.2) is 13.1 Å². The number of carbonyl (C=O) groups excluding carboxylic acids is 1. The summed E-state index contributed by atoms with van der Waals surface area (Å²) in [7, 11) is -3.54. The normalized spacial score (nSPS) is 11.3. The number of nitrogens with one attached hydrogen (secondary N) is 2. The predicted molar refractivity (Wildman–Crippen MR) is 89.6 cm³/mol. The largest absolute Gasteiger partial charge is 0.381 e. The third kappa shape index (κ3) is 8.68. The number of hydrogen-bond acceptors (Lipinski definition) is 4. The van der Waals surface area contributed by atoms with E-state index < -0.39 is 10.0 Å². The third-order valence-electron chi connectivity index (χ3n) is 3.13. The molecule has 0 saturated carbocycles. The van der Waals surface area contributed by atoms with E-state index in [9.17, 15) is 13.2 Å². The Hall–Kier alpha value is -1.44. The summed E-state index contributed by atoms with van der Waals surface area (Å²) in [5.74, 6) is -0.172. The number of hydrogen-bond donors (Lipinski definition) is 2. The SMILES string of the molecule is CCCCOCCCNC(=O)CCNS(=O)(=O)c1ccccc1. The average Bonchev–Trinajstić information content (AvgIpc) is 2.54. The fourth-order valence-electron chi connectivity index (χ4n) is 1.82. The second-order valence-electron chi connectivity index (χ2n) is 5.13. The van der Waals surface area contributed by atoms with Gasteiger partial charge in [-0.2, -0.15) is 0 Å². The molecule has 130 valence electrons. The molecule has 2 N–H and O–H groups in total. The lowest BCUT2D eigenvalue weighted by atomic mass is 10.3. The molecule has 0 bridgehead atoms. The molecule has 0 heterocycles. The molecule has 0 fully saturated rings. The first-order valence-electron chi connectivity index (χ1n) is 7.95. The van der Waals surface area contributed by atoms with Crippen LogP contribution in [0.15, 0.2) is 35.2 Å². The van der Waals surface area contributed by atoms with E-state index in [0.29, 0.717) is 13.2 Å². The standard InChI is InChI=1S/C16H26N2O4S/c1-2-3-13-22-14-7-11-17-16(19)10-12-18-23(20,21)15-8-5-4-6-9-15/h4-6,8-9,18H,2-3,7,10-14H2,1H3,(H,17,19). The van der Waals surface area contributed by atoms with Crippen molar-refractivity contribution in [1.82, 2.24) is 10.0 Å². The van der Waals surface area contributed by atoms with Crippen LogP contribution in [0.25, 0.3) is 0 Å². The van der Waals surface area contributed by atoms with Crippen molar-refractivity contribution in [3.05, 3.63) is 30.3 Å². The zero-order valence-electron chi connectivity index (χ0n) is 13.6. The molecule has 7 heteroatoms. The summed E-state index contributed by atoms with van der Waals surface area (Å²) in [6.45, 7) is 4.11. The highest BCUT2D eigenvalue weighted by Crippen LogP contribution is 2.06. The van der Waals surface area contributed by atoms with Crippen molar-refractivity contribution in [2.24, 2.45) is 0 Å². The number of benzene rings is 1. The second-order valence-corrected chi connectivity index (χ2v) is 6.90. The Bertz CT molecular complexity index is 546. The quantitative estimate of drug-likeness (QED) is 0.566. The lowest BCUT2D eigenvalue weighted by molar-refractivity contribution is -0.120. The van der Waals surface area contributed by atoms with Gasteiger partial charge in [-0.1, -0.05) is 31.5 Å². The Kier molecular flexibility index (Phi) is 9.51. The number of rotatable bonds is 12. The van der Waals surface area contributed by atoms with Gasteiger partial charge in [0.05, 0.1) is 4.90 Å². The molecule has 0 spiro atoms. The summed E-state index contributed by atoms with van der Waals surface area (Å²) >= 11 is 0. The topological polar surface area (TPSA) is 84.5 Å². The summed E-state index contributed by atoms with van der Waals surface area (Å²) in [6.07, 6.45) is 3.03. The van der Waals surface area contributed by atoms with Crippen LogP contribution in [0, 0.1) is 0 Å². The summed E-state index contributed by atoms with van der Waals surface area (Å²) in [4.78, 5) is 11.8. The summed E-state index contributed by atoms with van der Waals surface area (Å²) in [5, 5.41) is 2.75. The first-order chi connectivity index (χ1) is 11.1. The lowest BCUT2D eigenvalue weighted by Gasteiger charge is -2.08. The van der Waals surface area contributed by atoms with Crippen molar-refractivity contribution in [1.29, 1.82) is 0 Å². The van der Waals surface area contributed by atoms with Crippen LogP contribution in [-0.4, -0.2) is 40.6 Å². The molecule has 23 heavy (non-hydrogen) atoms. The van der Waals surface area contributed by atoms with Crippen molar-refractivity contribution >= 4 is 15.9 Å². The van der Waals surface area contributed by atoms with E-state index >= 15 is 0 Å².